The molecule has 0 aromatic carbocycles. The molecule has 0 heterocycles. The highest BCUT2D eigenvalue weighted by Crippen LogP contribution is 1.72. The summed E-state index contributed by atoms with van der Waals surface area (Å²) >= 11 is 0. The molecule has 56 valence electrons. The summed E-state index contributed by atoms with van der Waals surface area (Å²) in [5.74, 6) is 0. The highest BCUT2D eigenvalue weighted by atomic mass is 16.5. The van der Waals surface area contributed by atoms with E-state index in [9.17, 15) is 0 Å². The molecule has 0 fully saturated rings. The number of hydrogen-bond donors (Lipinski definition) is 1. The lowest BCUT2D eigenvalue weighted by Gasteiger charge is -1.95. The van der Waals surface area contributed by atoms with Crippen molar-refractivity contribution < 1.29 is 14.6 Å². The van der Waals surface area contributed by atoms with Gasteiger partial charge in [-0.2, -0.15) is 0 Å². The van der Waals surface area contributed by atoms with Gasteiger partial charge in [-0.05, 0) is 0 Å². The topological polar surface area (TPSA) is 38.7 Å². The molecule has 0 saturated carbocycles. The molecule has 1 N–H and O–H groups in total. The van der Waals surface area contributed by atoms with Gasteiger partial charge in [0.25, 0.3) is 0 Å². The van der Waals surface area contributed by atoms with Crippen molar-refractivity contribution in [1.82, 2.24) is 0 Å². The Morgan fingerprint density at radius 3 is 2.33 bits per heavy atom. The normalized spacial score (nSPS) is 7.00. The first-order valence-corrected chi connectivity index (χ1v) is 2.58. The van der Waals surface area contributed by atoms with Crippen LogP contribution in [0.25, 0.3) is 0 Å². The molecule has 3 heteroatoms. The third kappa shape index (κ3) is 18.6. The summed E-state index contributed by atoms with van der Waals surface area (Å²) in [6, 6.07) is 0. The maximum Gasteiger partial charge on any atom is 0.111 e. The van der Waals surface area contributed by atoms with Crippen LogP contribution in [0, 0.1) is 0 Å². The minimum atomic E-state index is 0.597. The van der Waals surface area contributed by atoms with Gasteiger partial charge in [0.1, 0.15) is 6.61 Å². The number of ether oxygens (including phenoxy) is 2. The lowest BCUT2D eigenvalue weighted by molar-refractivity contribution is 0.124. The van der Waals surface area contributed by atoms with E-state index in [0.29, 0.717) is 13.2 Å². The molecule has 0 spiro atoms. The standard InChI is InChI=1S/C5H10O2.CH4O/c1-3-7-5-4-6-2;1-2/h3H,1,4-5H2,2H3;2H,1H3. The molecule has 0 bridgehead atoms. The van der Waals surface area contributed by atoms with E-state index in [2.05, 4.69) is 11.3 Å². The molecule has 3 nitrogen and oxygen atoms in total. The van der Waals surface area contributed by atoms with E-state index in [-0.39, 0.29) is 0 Å². The van der Waals surface area contributed by atoms with Crippen molar-refractivity contribution in [3.8, 4) is 0 Å². The molecule has 0 aromatic rings. The predicted molar refractivity (Wildman–Crippen MR) is 36.2 cm³/mol. The van der Waals surface area contributed by atoms with Crippen molar-refractivity contribution in [3.05, 3.63) is 12.8 Å². The fourth-order valence-electron chi connectivity index (χ4n) is 0.215. The fraction of sp³-hybridized carbons (Fsp3) is 0.667. The van der Waals surface area contributed by atoms with E-state index in [1.54, 1.807) is 7.11 Å². The molecule has 0 amide bonds. The zero-order valence-electron chi connectivity index (χ0n) is 5.96. The van der Waals surface area contributed by atoms with Crippen molar-refractivity contribution in [1.29, 1.82) is 0 Å². The van der Waals surface area contributed by atoms with Gasteiger partial charge in [-0.25, -0.2) is 0 Å². The first-order valence-electron chi connectivity index (χ1n) is 2.58. The molecule has 0 rings (SSSR count). The molecule has 0 radical (unpaired) electrons. The van der Waals surface area contributed by atoms with Crippen molar-refractivity contribution >= 4 is 0 Å². The van der Waals surface area contributed by atoms with Gasteiger partial charge in [-0.1, -0.05) is 6.58 Å². The number of aliphatic hydroxyl groups is 1. The average molecular weight is 134 g/mol. The second-order valence-corrected chi connectivity index (χ2v) is 1.03. The molecule has 0 atom stereocenters. The number of methoxy groups -OCH3 is 1. The first-order chi connectivity index (χ1) is 4.41. The summed E-state index contributed by atoms with van der Waals surface area (Å²) in [4.78, 5) is 0. The molecule has 0 aliphatic rings. The van der Waals surface area contributed by atoms with Crippen LogP contribution in [0.1, 0.15) is 0 Å². The monoisotopic (exact) mass is 134 g/mol. The van der Waals surface area contributed by atoms with Gasteiger partial charge in [-0.15, -0.1) is 0 Å². The minimum Gasteiger partial charge on any atom is -0.499 e. The van der Waals surface area contributed by atoms with E-state index in [0.717, 1.165) is 7.11 Å². The molecule has 0 aromatic heterocycles. The van der Waals surface area contributed by atoms with E-state index < -0.39 is 0 Å². The van der Waals surface area contributed by atoms with Gasteiger partial charge in [0, 0.05) is 14.2 Å². The van der Waals surface area contributed by atoms with Crippen LogP contribution in [0.5, 0.6) is 0 Å². The zero-order chi connectivity index (χ0) is 7.54. The second kappa shape index (κ2) is 15.7. The highest BCUT2D eigenvalue weighted by molar-refractivity contribution is 4.47. The van der Waals surface area contributed by atoms with Crippen molar-refractivity contribution in [2.75, 3.05) is 27.4 Å². The quantitative estimate of drug-likeness (QED) is 0.447. The Labute approximate surface area is 55.9 Å². The Bertz CT molecular complexity index is 45.6. The van der Waals surface area contributed by atoms with Crippen LogP contribution >= 0.6 is 0 Å². The van der Waals surface area contributed by atoms with Gasteiger partial charge in [0.15, 0.2) is 0 Å². The Kier molecular flexibility index (Phi) is 19.6. The summed E-state index contributed by atoms with van der Waals surface area (Å²) in [6.45, 7) is 4.58. The van der Waals surface area contributed by atoms with Crippen molar-refractivity contribution in [3.63, 3.8) is 0 Å². The maximum absolute atomic E-state index is 7.00. The van der Waals surface area contributed by atoms with Crippen LogP contribution in [-0.4, -0.2) is 32.5 Å². The zero-order valence-corrected chi connectivity index (χ0v) is 5.96. The predicted octanol–water partition coefficient (Wildman–Crippen LogP) is 0.401. The van der Waals surface area contributed by atoms with Crippen LogP contribution in [0.2, 0.25) is 0 Å². The first kappa shape index (κ1) is 11.3. The molecule has 9 heavy (non-hydrogen) atoms. The molecular weight excluding hydrogens is 120 g/mol. The van der Waals surface area contributed by atoms with Gasteiger partial charge >= 0.3 is 0 Å². The summed E-state index contributed by atoms with van der Waals surface area (Å²) in [5, 5.41) is 7.00. The Morgan fingerprint density at radius 2 is 2.00 bits per heavy atom. The third-order valence-electron chi connectivity index (χ3n) is 0.523. The van der Waals surface area contributed by atoms with Gasteiger partial charge < -0.3 is 14.6 Å². The number of hydrogen-bond acceptors (Lipinski definition) is 3. The Hall–Kier alpha value is -0.540. The van der Waals surface area contributed by atoms with E-state index in [4.69, 9.17) is 9.84 Å². The van der Waals surface area contributed by atoms with Crippen molar-refractivity contribution in [2.45, 2.75) is 0 Å². The number of rotatable bonds is 4. The SMILES string of the molecule is C=COCCOC.CO. The summed E-state index contributed by atoms with van der Waals surface area (Å²) in [7, 11) is 2.63. The lowest BCUT2D eigenvalue weighted by atomic mass is 10.8. The fourth-order valence-corrected chi connectivity index (χ4v) is 0.215. The van der Waals surface area contributed by atoms with Crippen LogP contribution in [0.15, 0.2) is 12.8 Å². The largest absolute Gasteiger partial charge is 0.499 e. The van der Waals surface area contributed by atoms with E-state index in [1.165, 1.54) is 6.26 Å². The van der Waals surface area contributed by atoms with E-state index >= 15 is 0 Å². The third-order valence-corrected chi connectivity index (χ3v) is 0.523. The van der Waals surface area contributed by atoms with Crippen LogP contribution in [-0.2, 0) is 9.47 Å². The summed E-state index contributed by atoms with van der Waals surface area (Å²) in [6.07, 6.45) is 1.40. The smallest absolute Gasteiger partial charge is 0.111 e. The van der Waals surface area contributed by atoms with Crippen LogP contribution in [0.3, 0.4) is 0 Å². The summed E-state index contributed by atoms with van der Waals surface area (Å²) < 4.78 is 9.38. The van der Waals surface area contributed by atoms with Gasteiger partial charge in [0.05, 0.1) is 12.9 Å². The average Bonchev–Trinajstić information content (AvgIpc) is 1.94. The minimum absolute atomic E-state index is 0.597. The van der Waals surface area contributed by atoms with Crippen molar-refractivity contribution in [2.24, 2.45) is 0 Å². The molecule has 0 unspecified atom stereocenters. The Morgan fingerprint density at radius 1 is 1.44 bits per heavy atom. The van der Waals surface area contributed by atoms with Crippen LogP contribution in [0.4, 0.5) is 0 Å². The van der Waals surface area contributed by atoms with Gasteiger partial charge in [-0.3, -0.25) is 0 Å². The molecule has 0 aliphatic carbocycles. The highest BCUT2D eigenvalue weighted by Gasteiger charge is 1.75. The second-order valence-electron chi connectivity index (χ2n) is 1.03. The molecule has 0 saturated heterocycles. The van der Waals surface area contributed by atoms with E-state index in [1.807, 2.05) is 0 Å². The lowest BCUT2D eigenvalue weighted by Crippen LogP contribution is -1.95. The summed E-state index contributed by atoms with van der Waals surface area (Å²) in [5.41, 5.74) is 0. The molecule has 0 aliphatic heterocycles. The Balaban J connectivity index is 0. The molecular formula is C6H14O3. The maximum atomic E-state index is 7.00. The van der Waals surface area contributed by atoms with Crippen LogP contribution < -0.4 is 0 Å². The van der Waals surface area contributed by atoms with Gasteiger partial charge in [0.2, 0.25) is 0 Å². The number of aliphatic hydroxyl groups excluding tert-OH is 1.